The highest BCUT2D eigenvalue weighted by molar-refractivity contribution is 5.74. The van der Waals surface area contributed by atoms with E-state index < -0.39 is 0 Å². The lowest BCUT2D eigenvalue weighted by molar-refractivity contribution is 0.0571. The summed E-state index contributed by atoms with van der Waals surface area (Å²) in [6.07, 6.45) is 3.88. The molecule has 1 saturated heterocycles. The van der Waals surface area contributed by atoms with Crippen molar-refractivity contribution in [2.75, 3.05) is 26.9 Å². The van der Waals surface area contributed by atoms with Gasteiger partial charge in [-0.2, -0.15) is 0 Å². The SMILES string of the molecule is COc1cccc(CCCNC(=O)N[C@@H](C)C2CCOCC2)c1. The van der Waals surface area contributed by atoms with E-state index in [0.717, 1.165) is 44.6 Å². The van der Waals surface area contributed by atoms with Gasteiger partial charge in [0.1, 0.15) is 5.75 Å². The Kier molecular flexibility index (Phi) is 7.20. The van der Waals surface area contributed by atoms with Crippen molar-refractivity contribution in [3.63, 3.8) is 0 Å². The van der Waals surface area contributed by atoms with Gasteiger partial charge in [0.05, 0.1) is 7.11 Å². The van der Waals surface area contributed by atoms with Gasteiger partial charge in [0.2, 0.25) is 0 Å². The molecule has 23 heavy (non-hydrogen) atoms. The molecule has 0 unspecified atom stereocenters. The van der Waals surface area contributed by atoms with E-state index in [-0.39, 0.29) is 12.1 Å². The zero-order valence-corrected chi connectivity index (χ0v) is 14.1. The molecule has 0 bridgehead atoms. The van der Waals surface area contributed by atoms with Crippen molar-refractivity contribution in [1.82, 2.24) is 10.6 Å². The molecule has 0 radical (unpaired) electrons. The van der Waals surface area contributed by atoms with E-state index in [2.05, 4.69) is 23.6 Å². The maximum atomic E-state index is 11.9. The van der Waals surface area contributed by atoms with Crippen LogP contribution in [0.25, 0.3) is 0 Å². The average molecular weight is 320 g/mol. The van der Waals surface area contributed by atoms with E-state index >= 15 is 0 Å². The predicted octanol–water partition coefficient (Wildman–Crippen LogP) is 2.74. The fourth-order valence-corrected chi connectivity index (χ4v) is 2.91. The van der Waals surface area contributed by atoms with Crippen LogP contribution < -0.4 is 15.4 Å². The molecule has 1 aliphatic rings. The van der Waals surface area contributed by atoms with Gasteiger partial charge in [-0.3, -0.25) is 0 Å². The molecule has 2 rings (SSSR count). The number of hydrogen-bond donors (Lipinski definition) is 2. The maximum absolute atomic E-state index is 11.9. The Labute approximate surface area is 138 Å². The smallest absolute Gasteiger partial charge is 0.315 e. The average Bonchev–Trinajstić information content (AvgIpc) is 2.59. The van der Waals surface area contributed by atoms with Crippen molar-refractivity contribution >= 4 is 6.03 Å². The predicted molar refractivity (Wildman–Crippen MR) is 90.9 cm³/mol. The largest absolute Gasteiger partial charge is 0.497 e. The van der Waals surface area contributed by atoms with Crippen molar-refractivity contribution in [2.45, 2.75) is 38.6 Å². The summed E-state index contributed by atoms with van der Waals surface area (Å²) in [6.45, 7) is 4.35. The number of urea groups is 1. The number of methoxy groups -OCH3 is 1. The highest BCUT2D eigenvalue weighted by Crippen LogP contribution is 2.18. The fourth-order valence-electron chi connectivity index (χ4n) is 2.91. The maximum Gasteiger partial charge on any atom is 0.315 e. The van der Waals surface area contributed by atoms with Gasteiger partial charge in [-0.05, 0) is 56.2 Å². The summed E-state index contributed by atoms with van der Waals surface area (Å²) in [7, 11) is 1.67. The van der Waals surface area contributed by atoms with E-state index in [1.165, 1.54) is 5.56 Å². The van der Waals surface area contributed by atoms with Crippen LogP contribution in [-0.2, 0) is 11.2 Å². The first-order valence-corrected chi connectivity index (χ1v) is 8.44. The van der Waals surface area contributed by atoms with Gasteiger partial charge < -0.3 is 20.1 Å². The van der Waals surface area contributed by atoms with Crippen LogP contribution >= 0.6 is 0 Å². The number of rotatable bonds is 7. The van der Waals surface area contributed by atoms with E-state index in [1.807, 2.05) is 18.2 Å². The summed E-state index contributed by atoms with van der Waals surface area (Å²) < 4.78 is 10.6. The lowest BCUT2D eigenvalue weighted by Gasteiger charge is -2.28. The summed E-state index contributed by atoms with van der Waals surface area (Å²) in [4.78, 5) is 11.9. The summed E-state index contributed by atoms with van der Waals surface area (Å²) in [5.74, 6) is 1.39. The molecule has 1 aliphatic heterocycles. The van der Waals surface area contributed by atoms with Crippen LogP contribution in [0.5, 0.6) is 5.75 Å². The third kappa shape index (κ3) is 6.10. The Morgan fingerprint density at radius 3 is 2.91 bits per heavy atom. The fraction of sp³-hybridized carbons (Fsp3) is 0.611. The first-order chi connectivity index (χ1) is 11.2. The molecule has 0 aromatic heterocycles. The van der Waals surface area contributed by atoms with Gasteiger partial charge in [-0.25, -0.2) is 4.79 Å². The first-order valence-electron chi connectivity index (χ1n) is 8.44. The minimum atomic E-state index is -0.0744. The molecular formula is C18H28N2O3. The van der Waals surface area contributed by atoms with Crippen molar-refractivity contribution in [3.05, 3.63) is 29.8 Å². The van der Waals surface area contributed by atoms with E-state index in [4.69, 9.17) is 9.47 Å². The van der Waals surface area contributed by atoms with Crippen LogP contribution in [0.15, 0.2) is 24.3 Å². The molecule has 0 saturated carbocycles. The monoisotopic (exact) mass is 320 g/mol. The number of amides is 2. The van der Waals surface area contributed by atoms with Gasteiger partial charge >= 0.3 is 6.03 Å². The van der Waals surface area contributed by atoms with Crippen molar-refractivity contribution in [2.24, 2.45) is 5.92 Å². The minimum absolute atomic E-state index is 0.0744. The topological polar surface area (TPSA) is 59.6 Å². The molecule has 1 aromatic rings. The molecule has 0 aliphatic carbocycles. The number of aryl methyl sites for hydroxylation is 1. The Morgan fingerprint density at radius 1 is 1.39 bits per heavy atom. The highest BCUT2D eigenvalue weighted by atomic mass is 16.5. The molecular weight excluding hydrogens is 292 g/mol. The second kappa shape index (κ2) is 9.40. The Morgan fingerprint density at radius 2 is 2.17 bits per heavy atom. The van der Waals surface area contributed by atoms with Crippen molar-refractivity contribution < 1.29 is 14.3 Å². The van der Waals surface area contributed by atoms with Gasteiger partial charge in [-0.15, -0.1) is 0 Å². The Bertz CT molecular complexity index is 487. The molecule has 2 N–H and O–H groups in total. The summed E-state index contributed by atoms with van der Waals surface area (Å²) >= 11 is 0. The highest BCUT2D eigenvalue weighted by Gasteiger charge is 2.21. The van der Waals surface area contributed by atoms with Gasteiger partial charge in [0.15, 0.2) is 0 Å². The Hall–Kier alpha value is -1.75. The number of ether oxygens (including phenoxy) is 2. The molecule has 1 aromatic carbocycles. The summed E-state index contributed by atoms with van der Waals surface area (Å²) in [5.41, 5.74) is 1.22. The number of hydrogen-bond acceptors (Lipinski definition) is 3. The van der Waals surface area contributed by atoms with Crippen molar-refractivity contribution in [3.8, 4) is 5.75 Å². The number of nitrogens with one attached hydrogen (secondary N) is 2. The standard InChI is InChI=1S/C18H28N2O3/c1-14(16-8-11-23-12-9-16)20-18(21)19-10-4-6-15-5-3-7-17(13-15)22-2/h3,5,7,13-14,16H,4,6,8-12H2,1-2H3,(H2,19,20,21)/t14-/m0/s1. The molecule has 2 amide bonds. The van der Waals surface area contributed by atoms with Gasteiger partial charge in [0, 0.05) is 25.8 Å². The lowest BCUT2D eigenvalue weighted by Crippen LogP contribution is -2.45. The third-order valence-corrected chi connectivity index (χ3v) is 4.39. The number of benzene rings is 1. The van der Waals surface area contributed by atoms with E-state index in [9.17, 15) is 4.79 Å². The van der Waals surface area contributed by atoms with Gasteiger partial charge in [-0.1, -0.05) is 12.1 Å². The zero-order valence-electron chi connectivity index (χ0n) is 14.1. The van der Waals surface area contributed by atoms with Crippen LogP contribution in [0, 0.1) is 5.92 Å². The van der Waals surface area contributed by atoms with Crippen LogP contribution in [0.3, 0.4) is 0 Å². The summed E-state index contributed by atoms with van der Waals surface area (Å²) in [6, 6.07) is 8.16. The van der Waals surface area contributed by atoms with E-state index in [1.54, 1.807) is 7.11 Å². The Balaban J connectivity index is 1.62. The zero-order chi connectivity index (χ0) is 16.5. The van der Waals surface area contributed by atoms with Crippen molar-refractivity contribution in [1.29, 1.82) is 0 Å². The molecule has 1 atom stereocenters. The number of carbonyl (C=O) groups is 1. The second-order valence-corrected chi connectivity index (χ2v) is 6.09. The molecule has 1 fully saturated rings. The molecule has 0 spiro atoms. The molecule has 5 heteroatoms. The van der Waals surface area contributed by atoms with Crippen LogP contribution in [0.2, 0.25) is 0 Å². The quantitative estimate of drug-likeness (QED) is 0.760. The second-order valence-electron chi connectivity index (χ2n) is 6.09. The first kappa shape index (κ1) is 17.6. The normalized spacial score (nSPS) is 16.6. The lowest BCUT2D eigenvalue weighted by atomic mass is 9.93. The third-order valence-electron chi connectivity index (χ3n) is 4.39. The van der Waals surface area contributed by atoms with Gasteiger partial charge in [0.25, 0.3) is 0 Å². The minimum Gasteiger partial charge on any atom is -0.497 e. The molecule has 128 valence electrons. The summed E-state index contributed by atoms with van der Waals surface area (Å²) in [5, 5.41) is 5.98. The van der Waals surface area contributed by atoms with Crippen LogP contribution in [-0.4, -0.2) is 38.9 Å². The number of carbonyl (C=O) groups excluding carboxylic acids is 1. The van der Waals surface area contributed by atoms with Crippen LogP contribution in [0.4, 0.5) is 4.79 Å². The molecule has 1 heterocycles. The molecule has 5 nitrogen and oxygen atoms in total. The van der Waals surface area contributed by atoms with E-state index in [0.29, 0.717) is 12.5 Å². The van der Waals surface area contributed by atoms with Crippen LogP contribution in [0.1, 0.15) is 31.7 Å².